The van der Waals surface area contributed by atoms with E-state index in [1.165, 1.54) is 12.1 Å². The molecule has 1 aromatic heterocycles. The molecule has 3 N–H and O–H groups in total. The molecule has 0 unspecified atom stereocenters. The highest BCUT2D eigenvalue weighted by atomic mass is 79.9. The van der Waals surface area contributed by atoms with Gasteiger partial charge < -0.3 is 25.0 Å². The van der Waals surface area contributed by atoms with Crippen LogP contribution in [-0.2, 0) is 16.0 Å². The molecule has 186 valence electrons. The molecule has 35 heavy (non-hydrogen) atoms. The van der Waals surface area contributed by atoms with Gasteiger partial charge in [-0.1, -0.05) is 0 Å². The first-order chi connectivity index (χ1) is 16.8. The number of anilines is 1. The number of rotatable bonds is 5. The van der Waals surface area contributed by atoms with Crippen molar-refractivity contribution >= 4 is 45.1 Å². The second-order valence-corrected chi connectivity index (χ2v) is 10.1. The normalized spacial score (nSPS) is 20.6. The van der Waals surface area contributed by atoms with Crippen molar-refractivity contribution in [3.8, 4) is 0 Å². The molecule has 8 nitrogen and oxygen atoms in total. The molecule has 1 atom stereocenters. The Hall–Kier alpha value is -2.53. The fourth-order valence-corrected chi connectivity index (χ4v) is 5.61. The number of nitrogens with one attached hydrogen (secondary N) is 2. The summed E-state index contributed by atoms with van der Waals surface area (Å²) < 4.78 is 19.9. The van der Waals surface area contributed by atoms with Crippen molar-refractivity contribution in [3.05, 3.63) is 50.5 Å². The molecule has 0 saturated carbocycles. The van der Waals surface area contributed by atoms with Crippen LogP contribution in [0, 0.1) is 12.7 Å². The van der Waals surface area contributed by atoms with E-state index in [1.54, 1.807) is 11.0 Å². The van der Waals surface area contributed by atoms with Gasteiger partial charge in [0.2, 0.25) is 0 Å². The Kier molecular flexibility index (Phi) is 6.80. The molecule has 5 rings (SSSR count). The number of aryl methyl sites for hydroxylation is 1. The number of nitrogens with zero attached hydrogens (tertiary/aromatic N) is 2. The summed E-state index contributed by atoms with van der Waals surface area (Å²) in [6.07, 6.45) is 2.48. The fourth-order valence-electron chi connectivity index (χ4n) is 5.08. The van der Waals surface area contributed by atoms with Gasteiger partial charge in [-0.2, -0.15) is 0 Å². The molecule has 4 heterocycles. The zero-order chi connectivity index (χ0) is 24.7. The van der Waals surface area contributed by atoms with E-state index < -0.39 is 11.9 Å². The molecule has 1 saturated heterocycles. The standard InChI is InChI=1S/C25H28BrFN4O4/c1-14-21(11-18-17-9-15(27)10-19(26)23(17)29-24(18)33)28-20-3-2-4-31(25(34)22(14)20)13-16(32)12-30-5-7-35-8-6-30/h9-11,16,28,32H,2-8,12-13H2,1H3,(H,29,33)/t16-/m0/s1. The zero-order valence-corrected chi connectivity index (χ0v) is 21.1. The van der Waals surface area contributed by atoms with Crippen LogP contribution in [0.5, 0.6) is 0 Å². The minimum Gasteiger partial charge on any atom is -0.390 e. The van der Waals surface area contributed by atoms with E-state index in [9.17, 15) is 19.1 Å². The third-order valence-corrected chi connectivity index (χ3v) is 7.47. The number of aliphatic hydroxyl groups is 1. The first-order valence-electron chi connectivity index (χ1n) is 11.8. The topological polar surface area (TPSA) is 97.9 Å². The predicted octanol–water partition coefficient (Wildman–Crippen LogP) is 2.80. The molecular formula is C25H28BrFN4O4. The van der Waals surface area contributed by atoms with E-state index in [1.807, 2.05) is 6.92 Å². The van der Waals surface area contributed by atoms with Gasteiger partial charge in [-0.05, 0) is 59.5 Å². The summed E-state index contributed by atoms with van der Waals surface area (Å²) in [5.74, 6) is -0.893. The number of aromatic nitrogens is 1. The number of H-pyrrole nitrogens is 1. The maximum absolute atomic E-state index is 14.0. The minimum absolute atomic E-state index is 0.123. The summed E-state index contributed by atoms with van der Waals surface area (Å²) in [6.45, 7) is 6.06. The van der Waals surface area contributed by atoms with Crippen LogP contribution >= 0.6 is 15.9 Å². The highest BCUT2D eigenvalue weighted by molar-refractivity contribution is 9.10. The van der Waals surface area contributed by atoms with Crippen LogP contribution in [0.15, 0.2) is 16.6 Å². The summed E-state index contributed by atoms with van der Waals surface area (Å²) in [6, 6.07) is 2.64. The van der Waals surface area contributed by atoms with E-state index >= 15 is 0 Å². The number of benzene rings is 1. The average Bonchev–Trinajstić information content (AvgIpc) is 3.24. The minimum atomic E-state index is -0.647. The van der Waals surface area contributed by atoms with Gasteiger partial charge in [0.1, 0.15) is 5.82 Å². The molecule has 1 fully saturated rings. The van der Waals surface area contributed by atoms with Gasteiger partial charge in [0.15, 0.2) is 0 Å². The Bertz CT molecular complexity index is 1200. The number of hydrogen-bond acceptors (Lipinski definition) is 5. The lowest BCUT2D eigenvalue weighted by Gasteiger charge is -2.31. The van der Waals surface area contributed by atoms with Crippen LogP contribution in [-0.4, -0.2) is 83.7 Å². The molecule has 3 aliphatic heterocycles. The number of carbonyl (C=O) groups excluding carboxylic acids is 2. The fraction of sp³-hybridized carbons (Fsp3) is 0.440. The smallest absolute Gasteiger partial charge is 0.256 e. The van der Waals surface area contributed by atoms with Crippen LogP contribution in [0.25, 0.3) is 11.6 Å². The Morgan fingerprint density at radius 3 is 2.77 bits per heavy atom. The molecule has 2 amide bonds. The molecule has 0 radical (unpaired) electrons. The summed E-state index contributed by atoms with van der Waals surface area (Å²) in [5.41, 5.74) is 4.15. The van der Waals surface area contributed by atoms with Crippen molar-refractivity contribution in [3.63, 3.8) is 0 Å². The van der Waals surface area contributed by atoms with Crippen LogP contribution in [0.2, 0.25) is 0 Å². The van der Waals surface area contributed by atoms with Crippen LogP contribution in [0.1, 0.15) is 39.3 Å². The molecular weight excluding hydrogens is 519 g/mol. The number of β-amino-alcohol motifs (C(OH)–C–C–N with tert-alkyl or cyclic N) is 1. The van der Waals surface area contributed by atoms with Crippen LogP contribution < -0.4 is 5.32 Å². The van der Waals surface area contributed by atoms with Gasteiger partial charge in [0.25, 0.3) is 11.8 Å². The number of amides is 2. The van der Waals surface area contributed by atoms with E-state index in [4.69, 9.17) is 4.74 Å². The summed E-state index contributed by atoms with van der Waals surface area (Å²) in [5, 5.41) is 13.4. The zero-order valence-electron chi connectivity index (χ0n) is 19.5. The third kappa shape index (κ3) is 4.80. The van der Waals surface area contributed by atoms with E-state index in [0.29, 0.717) is 65.3 Å². The number of aromatic amines is 1. The molecule has 10 heteroatoms. The maximum atomic E-state index is 14.0. The Balaban J connectivity index is 1.39. The quantitative estimate of drug-likeness (QED) is 0.501. The van der Waals surface area contributed by atoms with Gasteiger partial charge >= 0.3 is 0 Å². The van der Waals surface area contributed by atoms with E-state index in [0.717, 1.165) is 30.8 Å². The van der Waals surface area contributed by atoms with Crippen LogP contribution in [0.4, 0.5) is 10.1 Å². The number of hydrogen-bond donors (Lipinski definition) is 3. The number of ether oxygens (including phenoxy) is 1. The monoisotopic (exact) mass is 546 g/mol. The van der Waals surface area contributed by atoms with Crippen molar-refractivity contribution in [2.75, 3.05) is 51.3 Å². The van der Waals surface area contributed by atoms with Crippen molar-refractivity contribution in [2.45, 2.75) is 25.9 Å². The van der Waals surface area contributed by atoms with Gasteiger partial charge in [-0.15, -0.1) is 0 Å². The van der Waals surface area contributed by atoms with Crippen molar-refractivity contribution in [2.24, 2.45) is 0 Å². The van der Waals surface area contributed by atoms with Gasteiger partial charge in [0, 0.05) is 54.1 Å². The number of aliphatic hydroxyl groups excluding tert-OH is 1. The Morgan fingerprint density at radius 2 is 2.00 bits per heavy atom. The lowest BCUT2D eigenvalue weighted by Crippen LogP contribution is -2.46. The number of morpholine rings is 1. The lowest BCUT2D eigenvalue weighted by atomic mass is 10.0. The van der Waals surface area contributed by atoms with E-state index in [2.05, 4.69) is 31.1 Å². The summed E-state index contributed by atoms with van der Waals surface area (Å²) in [7, 11) is 0. The highest BCUT2D eigenvalue weighted by Crippen LogP contribution is 2.39. The second kappa shape index (κ2) is 9.85. The van der Waals surface area contributed by atoms with Crippen molar-refractivity contribution < 1.29 is 23.8 Å². The second-order valence-electron chi connectivity index (χ2n) is 9.26. The average molecular weight is 547 g/mol. The summed E-state index contributed by atoms with van der Waals surface area (Å²) >= 11 is 3.30. The van der Waals surface area contributed by atoms with Crippen molar-refractivity contribution in [1.82, 2.24) is 14.8 Å². The van der Waals surface area contributed by atoms with Gasteiger partial charge in [0.05, 0.1) is 36.1 Å². The molecule has 0 spiro atoms. The summed E-state index contributed by atoms with van der Waals surface area (Å²) in [4.78, 5) is 33.4. The maximum Gasteiger partial charge on any atom is 0.256 e. The molecule has 3 aliphatic rings. The molecule has 0 bridgehead atoms. The largest absolute Gasteiger partial charge is 0.390 e. The number of halogens is 2. The molecule has 1 aromatic carbocycles. The first-order valence-corrected chi connectivity index (χ1v) is 12.6. The van der Waals surface area contributed by atoms with Gasteiger partial charge in [-0.3, -0.25) is 14.5 Å². The third-order valence-electron chi connectivity index (χ3n) is 6.84. The SMILES string of the molecule is Cc1c(C=C2C(=O)Nc3c(Br)cc(F)cc32)[nH]c2c1C(=O)N(C[C@@H](O)CN1CCOCC1)CCC2. The first kappa shape index (κ1) is 24.2. The van der Waals surface area contributed by atoms with Crippen LogP contribution in [0.3, 0.4) is 0 Å². The lowest BCUT2D eigenvalue weighted by molar-refractivity contribution is -0.110. The Labute approximate surface area is 211 Å². The van der Waals surface area contributed by atoms with E-state index in [-0.39, 0.29) is 18.4 Å². The number of carbonyl (C=O) groups is 2. The molecule has 0 aliphatic carbocycles. The van der Waals surface area contributed by atoms with Gasteiger partial charge in [-0.25, -0.2) is 4.39 Å². The Morgan fingerprint density at radius 1 is 1.23 bits per heavy atom. The predicted molar refractivity (Wildman–Crippen MR) is 134 cm³/mol. The van der Waals surface area contributed by atoms with Crippen molar-refractivity contribution in [1.29, 1.82) is 0 Å². The highest BCUT2D eigenvalue weighted by Gasteiger charge is 2.31. The molecule has 2 aromatic rings. The number of fused-ring (bicyclic) bond motifs is 2.